The Morgan fingerprint density at radius 1 is 0.854 bits per heavy atom. The molecule has 4 aliphatic rings. The van der Waals surface area contributed by atoms with E-state index >= 15 is 0 Å². The third-order valence-electron chi connectivity index (χ3n) is 8.75. The standard InChI is InChI=1S/C32H40O16/c1-42-29(41)18-12-44-30(22-16(11-33)8-9-17(18)22)48-32-28(40)26(38)24(36)20(47-32)14-45-31-27(39)25(37)23(35)19(46-31)13-43-21(34)10-7-15-5-3-2-4-6-15/h2-8,10,12,17,19-20,22-28,30-33,35-40H,9,11,13-14H2,1H3. The van der Waals surface area contributed by atoms with Crippen LogP contribution in [0.25, 0.3) is 6.08 Å². The van der Waals surface area contributed by atoms with Crippen LogP contribution in [0, 0.1) is 11.8 Å². The highest BCUT2D eigenvalue weighted by molar-refractivity contribution is 5.89. The van der Waals surface area contributed by atoms with Gasteiger partial charge in [-0.25, -0.2) is 9.59 Å². The summed E-state index contributed by atoms with van der Waals surface area (Å²) in [6.07, 6.45) is -11.6. The first-order chi connectivity index (χ1) is 23.0. The molecule has 13 atom stereocenters. The van der Waals surface area contributed by atoms with E-state index in [-0.39, 0.29) is 12.2 Å². The number of esters is 2. The van der Waals surface area contributed by atoms with Crippen LogP contribution in [0.1, 0.15) is 12.0 Å². The van der Waals surface area contributed by atoms with Crippen molar-refractivity contribution in [2.24, 2.45) is 11.8 Å². The molecule has 0 amide bonds. The Hall–Kier alpha value is -3.26. The van der Waals surface area contributed by atoms with Crippen LogP contribution in [0.15, 0.2) is 59.9 Å². The van der Waals surface area contributed by atoms with Gasteiger partial charge in [-0.05, 0) is 23.6 Å². The summed E-state index contributed by atoms with van der Waals surface area (Å²) in [7, 11) is 1.22. The van der Waals surface area contributed by atoms with Crippen LogP contribution >= 0.6 is 0 Å². The zero-order valence-electron chi connectivity index (χ0n) is 25.8. The van der Waals surface area contributed by atoms with Crippen molar-refractivity contribution < 1.29 is 78.5 Å². The fourth-order valence-corrected chi connectivity index (χ4v) is 6.04. The van der Waals surface area contributed by atoms with Gasteiger partial charge in [-0.15, -0.1) is 0 Å². The maximum atomic E-state index is 12.3. The van der Waals surface area contributed by atoms with E-state index in [1.807, 2.05) is 6.07 Å². The van der Waals surface area contributed by atoms with Crippen molar-refractivity contribution in [3.8, 4) is 0 Å². The van der Waals surface area contributed by atoms with Gasteiger partial charge in [0, 0.05) is 12.0 Å². The number of fused-ring (bicyclic) bond motifs is 1. The first-order valence-corrected chi connectivity index (χ1v) is 15.3. The second-order valence-electron chi connectivity index (χ2n) is 11.7. The quantitative estimate of drug-likeness (QED) is 0.0750. The highest BCUT2D eigenvalue weighted by Crippen LogP contribution is 2.44. The van der Waals surface area contributed by atoms with Gasteiger partial charge in [-0.3, -0.25) is 0 Å². The molecule has 5 rings (SSSR count). The minimum atomic E-state index is -1.80. The van der Waals surface area contributed by atoms with E-state index < -0.39 is 105 Å². The number of carbonyl (C=O) groups excluding carboxylic acids is 2. The van der Waals surface area contributed by atoms with Gasteiger partial charge >= 0.3 is 11.9 Å². The van der Waals surface area contributed by atoms with E-state index in [1.54, 1.807) is 30.3 Å². The van der Waals surface area contributed by atoms with Gasteiger partial charge in [0.2, 0.25) is 6.29 Å². The fourth-order valence-electron chi connectivity index (χ4n) is 6.04. The highest BCUT2D eigenvalue weighted by atomic mass is 16.8. The summed E-state index contributed by atoms with van der Waals surface area (Å²) in [5, 5.41) is 73.2. The molecule has 3 heterocycles. The van der Waals surface area contributed by atoms with Gasteiger partial charge in [-0.2, -0.15) is 0 Å². The van der Waals surface area contributed by atoms with Gasteiger partial charge in [0.15, 0.2) is 12.6 Å². The summed E-state index contributed by atoms with van der Waals surface area (Å²) in [4.78, 5) is 24.5. The van der Waals surface area contributed by atoms with Crippen LogP contribution in [-0.2, 0) is 42.7 Å². The van der Waals surface area contributed by atoms with Gasteiger partial charge in [0.05, 0.1) is 38.1 Å². The summed E-state index contributed by atoms with van der Waals surface area (Å²) in [5.74, 6) is -2.50. The predicted molar refractivity (Wildman–Crippen MR) is 159 cm³/mol. The van der Waals surface area contributed by atoms with E-state index in [0.29, 0.717) is 12.0 Å². The zero-order valence-corrected chi connectivity index (χ0v) is 25.8. The molecule has 16 heteroatoms. The lowest BCUT2D eigenvalue weighted by molar-refractivity contribution is -0.352. The molecule has 3 aliphatic heterocycles. The molecule has 0 radical (unpaired) electrons. The molecule has 2 saturated heterocycles. The lowest BCUT2D eigenvalue weighted by Gasteiger charge is -2.44. The molecule has 1 aromatic carbocycles. The molecule has 1 aromatic rings. The predicted octanol–water partition coefficient (Wildman–Crippen LogP) is -2.14. The summed E-state index contributed by atoms with van der Waals surface area (Å²) < 4.78 is 38.4. The lowest BCUT2D eigenvalue weighted by atomic mass is 9.83. The number of methoxy groups -OCH3 is 1. The molecule has 0 aromatic heterocycles. The zero-order chi connectivity index (χ0) is 34.5. The molecule has 0 spiro atoms. The fraction of sp³-hybridized carbons (Fsp3) is 0.562. The molecule has 13 unspecified atom stereocenters. The third-order valence-corrected chi connectivity index (χ3v) is 8.75. The van der Waals surface area contributed by atoms with Crippen molar-refractivity contribution in [1.82, 2.24) is 0 Å². The summed E-state index contributed by atoms with van der Waals surface area (Å²) in [6, 6.07) is 8.95. The smallest absolute Gasteiger partial charge is 0.337 e. The first-order valence-electron chi connectivity index (χ1n) is 15.3. The Labute approximate surface area is 275 Å². The summed E-state index contributed by atoms with van der Waals surface area (Å²) >= 11 is 0. The van der Waals surface area contributed by atoms with Crippen molar-refractivity contribution in [3.05, 3.63) is 65.5 Å². The Balaban J connectivity index is 1.20. The number of allylic oxidation sites excluding steroid dienone is 1. The lowest BCUT2D eigenvalue weighted by Crippen LogP contribution is -2.62. The van der Waals surface area contributed by atoms with Gasteiger partial charge in [-0.1, -0.05) is 36.4 Å². The number of aliphatic hydroxyl groups excluding tert-OH is 7. The minimum Gasteiger partial charge on any atom is -0.471 e. The summed E-state index contributed by atoms with van der Waals surface area (Å²) in [5.41, 5.74) is 1.49. The van der Waals surface area contributed by atoms with Crippen LogP contribution in [0.2, 0.25) is 0 Å². The van der Waals surface area contributed by atoms with E-state index in [0.717, 1.165) is 5.56 Å². The largest absolute Gasteiger partial charge is 0.471 e. The van der Waals surface area contributed by atoms with E-state index in [1.165, 1.54) is 25.5 Å². The second kappa shape index (κ2) is 16.0. The highest BCUT2D eigenvalue weighted by Gasteiger charge is 2.51. The Kier molecular flexibility index (Phi) is 12.0. The molecule has 7 N–H and O–H groups in total. The number of hydrogen-bond acceptors (Lipinski definition) is 16. The van der Waals surface area contributed by atoms with Gasteiger partial charge < -0.3 is 68.9 Å². The van der Waals surface area contributed by atoms with Crippen molar-refractivity contribution in [2.75, 3.05) is 26.9 Å². The monoisotopic (exact) mass is 680 g/mol. The maximum Gasteiger partial charge on any atom is 0.337 e. The topological polar surface area (TPSA) is 240 Å². The third kappa shape index (κ3) is 7.79. The average molecular weight is 681 g/mol. The number of ether oxygens (including phenoxy) is 7. The Morgan fingerprint density at radius 3 is 2.17 bits per heavy atom. The van der Waals surface area contributed by atoms with E-state index in [2.05, 4.69) is 0 Å². The molecule has 16 nitrogen and oxygen atoms in total. The number of rotatable bonds is 11. The van der Waals surface area contributed by atoms with Crippen LogP contribution in [0.3, 0.4) is 0 Å². The average Bonchev–Trinajstić information content (AvgIpc) is 3.54. The Bertz CT molecular complexity index is 1350. The molecule has 1 aliphatic carbocycles. The van der Waals surface area contributed by atoms with Crippen molar-refractivity contribution >= 4 is 18.0 Å². The van der Waals surface area contributed by atoms with Crippen LogP contribution in [0.4, 0.5) is 0 Å². The summed E-state index contributed by atoms with van der Waals surface area (Å²) in [6.45, 7) is -1.45. The molecular formula is C32H40O16. The normalized spacial score (nSPS) is 38.0. The first kappa shape index (κ1) is 36.0. The molecule has 0 saturated carbocycles. The Morgan fingerprint density at radius 2 is 1.50 bits per heavy atom. The van der Waals surface area contributed by atoms with Crippen molar-refractivity contribution in [3.63, 3.8) is 0 Å². The number of benzene rings is 1. The number of hydrogen-bond donors (Lipinski definition) is 7. The number of carbonyl (C=O) groups is 2. The van der Waals surface area contributed by atoms with E-state index in [4.69, 9.17) is 33.2 Å². The van der Waals surface area contributed by atoms with Crippen LogP contribution in [0.5, 0.6) is 0 Å². The van der Waals surface area contributed by atoms with Gasteiger partial charge in [0.25, 0.3) is 0 Å². The van der Waals surface area contributed by atoms with Gasteiger partial charge in [0.1, 0.15) is 55.4 Å². The molecule has 48 heavy (non-hydrogen) atoms. The molecule has 2 fully saturated rings. The SMILES string of the molecule is COC(=O)C1=COC(OC2OC(COC3OC(COC(=O)C=Cc4ccccc4)C(O)C(O)C3O)C(O)C(O)C2O)C2C(CO)=CCC12. The van der Waals surface area contributed by atoms with Crippen LogP contribution in [-0.4, -0.2) is 142 Å². The molecule has 264 valence electrons. The molecular weight excluding hydrogens is 640 g/mol. The van der Waals surface area contributed by atoms with Crippen LogP contribution < -0.4 is 0 Å². The van der Waals surface area contributed by atoms with E-state index in [9.17, 15) is 45.3 Å². The van der Waals surface area contributed by atoms with Crippen molar-refractivity contribution in [1.29, 1.82) is 0 Å². The minimum absolute atomic E-state index is 0.226. The maximum absolute atomic E-state index is 12.3. The van der Waals surface area contributed by atoms with Crippen molar-refractivity contribution in [2.45, 2.75) is 74.1 Å². The molecule has 0 bridgehead atoms. The second-order valence-corrected chi connectivity index (χ2v) is 11.7. The number of aliphatic hydroxyl groups is 7.